The number of carbonyl (C=O) groups is 2. The van der Waals surface area contributed by atoms with Crippen molar-refractivity contribution in [2.24, 2.45) is 11.3 Å². The summed E-state index contributed by atoms with van der Waals surface area (Å²) in [6.45, 7) is 3.18. The van der Waals surface area contributed by atoms with Gasteiger partial charge in [-0.1, -0.05) is 0 Å². The van der Waals surface area contributed by atoms with Crippen LogP contribution in [0.5, 0.6) is 0 Å². The Balaban J connectivity index is 2.05. The minimum absolute atomic E-state index is 0.0138. The molecule has 0 aromatic carbocycles. The molecule has 17 heavy (non-hydrogen) atoms. The van der Waals surface area contributed by atoms with E-state index in [4.69, 9.17) is 0 Å². The summed E-state index contributed by atoms with van der Waals surface area (Å²) < 4.78 is 0. The lowest BCUT2D eigenvalue weighted by atomic mass is 9.89. The number of carbonyl (C=O) groups excluding carboxylic acids is 1. The Morgan fingerprint density at radius 3 is 2.59 bits per heavy atom. The summed E-state index contributed by atoms with van der Waals surface area (Å²) >= 11 is 0. The van der Waals surface area contributed by atoms with Crippen LogP contribution in [0, 0.1) is 11.3 Å². The highest BCUT2D eigenvalue weighted by atomic mass is 16.4. The van der Waals surface area contributed by atoms with Crippen molar-refractivity contribution in [3.63, 3.8) is 0 Å². The van der Waals surface area contributed by atoms with Gasteiger partial charge in [0.2, 0.25) is 5.91 Å². The van der Waals surface area contributed by atoms with Crippen LogP contribution in [0.4, 0.5) is 0 Å². The SMILES string of the molecule is CNC(=O)C1(C)CCN(C(C(=O)O)C2CC2)C1. The Hall–Kier alpha value is -1.10. The maximum Gasteiger partial charge on any atom is 0.321 e. The molecule has 2 rings (SSSR count). The van der Waals surface area contributed by atoms with Gasteiger partial charge in [0.15, 0.2) is 0 Å². The van der Waals surface area contributed by atoms with Gasteiger partial charge in [-0.2, -0.15) is 0 Å². The monoisotopic (exact) mass is 240 g/mol. The number of nitrogens with one attached hydrogen (secondary N) is 1. The normalized spacial score (nSPS) is 31.2. The van der Waals surface area contributed by atoms with E-state index in [0.717, 1.165) is 19.3 Å². The first kappa shape index (κ1) is 12.4. The van der Waals surface area contributed by atoms with Crippen molar-refractivity contribution in [1.29, 1.82) is 0 Å². The quantitative estimate of drug-likeness (QED) is 0.742. The number of amides is 1. The van der Waals surface area contributed by atoms with Gasteiger partial charge in [-0.05, 0) is 32.1 Å². The topological polar surface area (TPSA) is 69.6 Å². The van der Waals surface area contributed by atoms with Crippen LogP contribution < -0.4 is 5.32 Å². The summed E-state index contributed by atoms with van der Waals surface area (Å²) in [6.07, 6.45) is 2.75. The number of hydrogen-bond acceptors (Lipinski definition) is 3. The number of rotatable bonds is 4. The number of carboxylic acid groups (broad SMARTS) is 1. The molecule has 5 heteroatoms. The second-order valence-corrected chi connectivity index (χ2v) is 5.48. The molecular formula is C12H20N2O3. The Morgan fingerprint density at radius 2 is 2.12 bits per heavy atom. The van der Waals surface area contributed by atoms with Crippen LogP contribution in [0.1, 0.15) is 26.2 Å². The molecule has 2 N–H and O–H groups in total. The van der Waals surface area contributed by atoms with Crippen LogP contribution in [-0.4, -0.2) is 48.1 Å². The molecule has 1 saturated heterocycles. The molecular weight excluding hydrogens is 220 g/mol. The molecule has 0 aromatic rings. The van der Waals surface area contributed by atoms with Gasteiger partial charge in [-0.25, -0.2) is 0 Å². The van der Waals surface area contributed by atoms with E-state index >= 15 is 0 Å². The predicted octanol–water partition coefficient (Wildman–Crippen LogP) is 0.308. The van der Waals surface area contributed by atoms with Gasteiger partial charge >= 0.3 is 5.97 Å². The van der Waals surface area contributed by atoms with Gasteiger partial charge in [0.1, 0.15) is 6.04 Å². The summed E-state index contributed by atoms with van der Waals surface area (Å²) in [4.78, 5) is 25.0. The average Bonchev–Trinajstić information content (AvgIpc) is 3.01. The van der Waals surface area contributed by atoms with Crippen molar-refractivity contribution in [3.8, 4) is 0 Å². The highest BCUT2D eigenvalue weighted by molar-refractivity contribution is 5.83. The van der Waals surface area contributed by atoms with Gasteiger partial charge in [-0.3, -0.25) is 14.5 Å². The van der Waals surface area contributed by atoms with Crippen molar-refractivity contribution >= 4 is 11.9 Å². The average molecular weight is 240 g/mol. The van der Waals surface area contributed by atoms with Gasteiger partial charge in [-0.15, -0.1) is 0 Å². The Bertz CT molecular complexity index is 341. The zero-order valence-corrected chi connectivity index (χ0v) is 10.4. The molecule has 0 spiro atoms. The molecule has 1 aliphatic carbocycles. The minimum atomic E-state index is -0.742. The smallest absolute Gasteiger partial charge is 0.321 e. The number of nitrogens with zero attached hydrogens (tertiary/aromatic N) is 1. The summed E-state index contributed by atoms with van der Waals surface area (Å²) in [6, 6.07) is -0.388. The van der Waals surface area contributed by atoms with Crippen LogP contribution in [0.15, 0.2) is 0 Å². The second-order valence-electron chi connectivity index (χ2n) is 5.48. The maximum atomic E-state index is 11.8. The third kappa shape index (κ3) is 2.29. The van der Waals surface area contributed by atoms with E-state index < -0.39 is 11.4 Å². The third-order valence-corrected chi connectivity index (χ3v) is 3.99. The molecule has 2 atom stereocenters. The fourth-order valence-corrected chi connectivity index (χ4v) is 2.79. The van der Waals surface area contributed by atoms with E-state index in [9.17, 15) is 14.7 Å². The van der Waals surface area contributed by atoms with Gasteiger partial charge in [0.05, 0.1) is 5.41 Å². The number of hydrogen-bond donors (Lipinski definition) is 2. The number of carboxylic acids is 1. The van der Waals surface area contributed by atoms with E-state index in [-0.39, 0.29) is 11.9 Å². The first-order valence-electron chi connectivity index (χ1n) is 6.17. The molecule has 0 aromatic heterocycles. The van der Waals surface area contributed by atoms with Crippen molar-refractivity contribution < 1.29 is 14.7 Å². The van der Waals surface area contributed by atoms with E-state index in [1.165, 1.54) is 0 Å². The first-order valence-corrected chi connectivity index (χ1v) is 6.17. The van der Waals surface area contributed by atoms with Gasteiger partial charge < -0.3 is 10.4 Å². The lowest BCUT2D eigenvalue weighted by Crippen LogP contribution is -2.45. The lowest BCUT2D eigenvalue weighted by molar-refractivity contribution is -0.144. The summed E-state index contributed by atoms with van der Waals surface area (Å²) in [5.41, 5.74) is -0.433. The molecule has 2 fully saturated rings. The van der Waals surface area contributed by atoms with E-state index in [0.29, 0.717) is 19.0 Å². The van der Waals surface area contributed by atoms with Crippen LogP contribution in [0.3, 0.4) is 0 Å². The molecule has 2 unspecified atom stereocenters. The minimum Gasteiger partial charge on any atom is -0.480 e. The molecule has 2 aliphatic rings. The first-order chi connectivity index (χ1) is 7.98. The molecule has 96 valence electrons. The highest BCUT2D eigenvalue weighted by Crippen LogP contribution is 2.40. The Kier molecular flexibility index (Phi) is 3.12. The Morgan fingerprint density at radius 1 is 1.47 bits per heavy atom. The predicted molar refractivity (Wildman–Crippen MR) is 62.5 cm³/mol. The van der Waals surface area contributed by atoms with Crippen LogP contribution in [0.25, 0.3) is 0 Å². The van der Waals surface area contributed by atoms with E-state index in [1.54, 1.807) is 7.05 Å². The van der Waals surface area contributed by atoms with E-state index in [1.807, 2.05) is 11.8 Å². The third-order valence-electron chi connectivity index (χ3n) is 3.99. The van der Waals surface area contributed by atoms with Crippen LogP contribution in [-0.2, 0) is 9.59 Å². The van der Waals surface area contributed by atoms with E-state index in [2.05, 4.69) is 5.32 Å². The van der Waals surface area contributed by atoms with Gasteiger partial charge in [0.25, 0.3) is 0 Å². The molecule has 5 nitrogen and oxygen atoms in total. The van der Waals surface area contributed by atoms with Crippen molar-refractivity contribution in [1.82, 2.24) is 10.2 Å². The van der Waals surface area contributed by atoms with Crippen LogP contribution >= 0.6 is 0 Å². The fraction of sp³-hybridized carbons (Fsp3) is 0.833. The van der Waals surface area contributed by atoms with Crippen molar-refractivity contribution in [2.45, 2.75) is 32.2 Å². The van der Waals surface area contributed by atoms with Crippen molar-refractivity contribution in [3.05, 3.63) is 0 Å². The lowest BCUT2D eigenvalue weighted by Gasteiger charge is -2.26. The number of likely N-dealkylation sites (tertiary alicyclic amines) is 1. The summed E-state index contributed by atoms with van der Waals surface area (Å²) in [5.74, 6) is -0.437. The largest absolute Gasteiger partial charge is 0.480 e. The Labute approximate surface area is 101 Å². The molecule has 1 aliphatic heterocycles. The standard InChI is InChI=1S/C12H20N2O3/c1-12(11(17)13-2)5-6-14(7-12)9(10(15)16)8-3-4-8/h8-9H,3-7H2,1-2H3,(H,13,17)(H,15,16). The molecule has 0 bridgehead atoms. The molecule has 1 saturated carbocycles. The maximum absolute atomic E-state index is 11.8. The molecule has 1 heterocycles. The zero-order chi connectivity index (χ0) is 12.6. The molecule has 0 radical (unpaired) electrons. The van der Waals surface area contributed by atoms with Crippen molar-refractivity contribution in [2.75, 3.05) is 20.1 Å². The number of aliphatic carboxylic acids is 1. The second kappa shape index (κ2) is 4.29. The highest BCUT2D eigenvalue weighted by Gasteiger charge is 2.47. The molecule has 1 amide bonds. The summed E-state index contributed by atoms with van der Waals surface area (Å²) in [7, 11) is 1.63. The fourth-order valence-electron chi connectivity index (χ4n) is 2.79. The van der Waals surface area contributed by atoms with Crippen LogP contribution in [0.2, 0.25) is 0 Å². The zero-order valence-electron chi connectivity index (χ0n) is 10.4. The van der Waals surface area contributed by atoms with Gasteiger partial charge in [0, 0.05) is 20.1 Å². The summed E-state index contributed by atoms with van der Waals surface area (Å²) in [5, 5.41) is 11.9.